The van der Waals surface area contributed by atoms with Crippen molar-refractivity contribution in [1.82, 2.24) is 4.72 Å². The lowest BCUT2D eigenvalue weighted by atomic mass is 10.1. The first-order valence-electron chi connectivity index (χ1n) is 6.48. The highest BCUT2D eigenvalue weighted by Crippen LogP contribution is 2.15. The Labute approximate surface area is 137 Å². The number of nitrogens with one attached hydrogen (secondary N) is 2. The van der Waals surface area contributed by atoms with Crippen molar-refractivity contribution in [3.63, 3.8) is 0 Å². The number of benzene rings is 2. The molecule has 1 amide bonds. The van der Waals surface area contributed by atoms with Crippen LogP contribution in [0.5, 0.6) is 0 Å². The summed E-state index contributed by atoms with van der Waals surface area (Å²) in [5.74, 6) is -0.161. The van der Waals surface area contributed by atoms with Crippen molar-refractivity contribution in [3.05, 3.63) is 58.6 Å². The van der Waals surface area contributed by atoms with Gasteiger partial charge in [0.05, 0.1) is 11.3 Å². The van der Waals surface area contributed by atoms with E-state index >= 15 is 0 Å². The van der Waals surface area contributed by atoms with Crippen LogP contribution in [0.15, 0.2) is 57.9 Å². The Balaban J connectivity index is 2.01. The van der Waals surface area contributed by atoms with Crippen LogP contribution in [-0.4, -0.2) is 21.4 Å². The fourth-order valence-corrected chi connectivity index (χ4v) is 2.82. The van der Waals surface area contributed by atoms with E-state index in [1.165, 1.54) is 19.2 Å². The summed E-state index contributed by atoms with van der Waals surface area (Å²) >= 11 is 3.34. The average Bonchev–Trinajstić information content (AvgIpc) is 2.50. The number of amides is 1. The molecule has 0 atom stereocenters. The molecular formula is C15H15BrN2O3S. The number of halogens is 1. The fourth-order valence-electron chi connectivity index (χ4n) is 1.83. The second-order valence-corrected chi connectivity index (χ2v) is 7.39. The number of carbonyl (C=O) groups excluding carboxylic acids is 1. The standard InChI is InChI=1S/C15H15BrN2O3S/c1-17-22(20,21)14-8-6-13(7-9-14)18-15(19)10-11-2-4-12(16)5-3-11/h2-9,17H,10H2,1H3,(H,18,19). The molecule has 0 aliphatic carbocycles. The molecule has 0 fully saturated rings. The molecule has 0 spiro atoms. The highest BCUT2D eigenvalue weighted by atomic mass is 79.9. The molecule has 0 radical (unpaired) electrons. The van der Waals surface area contributed by atoms with Gasteiger partial charge in [0.15, 0.2) is 0 Å². The van der Waals surface area contributed by atoms with E-state index in [9.17, 15) is 13.2 Å². The predicted octanol–water partition coefficient (Wildman–Crippen LogP) is 2.54. The second kappa shape index (κ2) is 7.04. The molecule has 0 saturated carbocycles. The van der Waals surface area contributed by atoms with Crippen molar-refractivity contribution >= 4 is 37.5 Å². The molecule has 22 heavy (non-hydrogen) atoms. The first-order valence-corrected chi connectivity index (χ1v) is 8.76. The Bertz CT molecular complexity index is 756. The van der Waals surface area contributed by atoms with Gasteiger partial charge in [0.1, 0.15) is 0 Å². The van der Waals surface area contributed by atoms with Gasteiger partial charge in [-0.2, -0.15) is 0 Å². The number of carbonyl (C=O) groups is 1. The quantitative estimate of drug-likeness (QED) is 0.833. The second-order valence-electron chi connectivity index (χ2n) is 4.58. The van der Waals surface area contributed by atoms with E-state index in [4.69, 9.17) is 0 Å². The van der Waals surface area contributed by atoms with Gasteiger partial charge < -0.3 is 5.32 Å². The average molecular weight is 383 g/mol. The Morgan fingerprint density at radius 3 is 2.18 bits per heavy atom. The highest BCUT2D eigenvalue weighted by Gasteiger charge is 2.11. The zero-order valence-corrected chi connectivity index (χ0v) is 14.2. The topological polar surface area (TPSA) is 75.3 Å². The number of hydrogen-bond donors (Lipinski definition) is 2. The molecule has 116 valence electrons. The molecule has 7 heteroatoms. The van der Waals surface area contributed by atoms with E-state index in [1.807, 2.05) is 24.3 Å². The van der Waals surface area contributed by atoms with Gasteiger partial charge in [0, 0.05) is 10.2 Å². The third-order valence-electron chi connectivity index (χ3n) is 3.00. The number of anilines is 1. The Morgan fingerprint density at radius 2 is 1.64 bits per heavy atom. The first-order chi connectivity index (χ1) is 10.4. The Morgan fingerprint density at radius 1 is 1.05 bits per heavy atom. The molecule has 2 aromatic carbocycles. The zero-order chi connectivity index (χ0) is 16.2. The van der Waals surface area contributed by atoms with Gasteiger partial charge in [-0.25, -0.2) is 13.1 Å². The normalized spacial score (nSPS) is 11.2. The van der Waals surface area contributed by atoms with Gasteiger partial charge in [-0.15, -0.1) is 0 Å². The maximum Gasteiger partial charge on any atom is 0.240 e. The van der Waals surface area contributed by atoms with Gasteiger partial charge in [-0.05, 0) is 49.0 Å². The maximum atomic E-state index is 12.0. The summed E-state index contributed by atoms with van der Waals surface area (Å²) < 4.78 is 26.4. The summed E-state index contributed by atoms with van der Waals surface area (Å²) in [6, 6.07) is 13.5. The monoisotopic (exact) mass is 382 g/mol. The molecule has 0 heterocycles. The van der Waals surface area contributed by atoms with E-state index in [0.29, 0.717) is 5.69 Å². The Hall–Kier alpha value is -1.70. The zero-order valence-electron chi connectivity index (χ0n) is 11.8. The van der Waals surface area contributed by atoms with Crippen molar-refractivity contribution in [1.29, 1.82) is 0 Å². The SMILES string of the molecule is CNS(=O)(=O)c1ccc(NC(=O)Cc2ccc(Br)cc2)cc1. The molecule has 2 rings (SSSR count). The van der Waals surface area contributed by atoms with Crippen molar-refractivity contribution < 1.29 is 13.2 Å². The smallest absolute Gasteiger partial charge is 0.240 e. The predicted molar refractivity (Wildman–Crippen MR) is 89.2 cm³/mol. The van der Waals surface area contributed by atoms with Crippen LogP contribution >= 0.6 is 15.9 Å². The maximum absolute atomic E-state index is 12.0. The van der Waals surface area contributed by atoms with Crippen molar-refractivity contribution in [2.75, 3.05) is 12.4 Å². The van der Waals surface area contributed by atoms with E-state index < -0.39 is 10.0 Å². The first kappa shape index (κ1) is 16.7. The lowest BCUT2D eigenvalue weighted by Crippen LogP contribution is -2.18. The van der Waals surface area contributed by atoms with Crippen LogP contribution in [0, 0.1) is 0 Å². The molecule has 0 aliphatic rings. The van der Waals surface area contributed by atoms with Crippen LogP contribution in [0.4, 0.5) is 5.69 Å². The molecule has 0 unspecified atom stereocenters. The summed E-state index contributed by atoms with van der Waals surface area (Å²) in [7, 11) is -2.11. The minimum absolute atomic E-state index is 0.154. The summed E-state index contributed by atoms with van der Waals surface area (Å²) in [5.41, 5.74) is 1.45. The lowest BCUT2D eigenvalue weighted by molar-refractivity contribution is -0.115. The van der Waals surface area contributed by atoms with E-state index in [0.717, 1.165) is 10.0 Å². The van der Waals surface area contributed by atoms with Crippen molar-refractivity contribution in [2.24, 2.45) is 0 Å². The Kier molecular flexibility index (Phi) is 5.33. The molecule has 0 aromatic heterocycles. The highest BCUT2D eigenvalue weighted by molar-refractivity contribution is 9.10. The van der Waals surface area contributed by atoms with Crippen LogP contribution < -0.4 is 10.0 Å². The molecule has 0 aliphatic heterocycles. The molecule has 0 bridgehead atoms. The molecule has 2 N–H and O–H groups in total. The molecule has 0 saturated heterocycles. The van der Waals surface area contributed by atoms with Gasteiger partial charge in [-0.3, -0.25) is 4.79 Å². The van der Waals surface area contributed by atoms with Crippen LogP contribution in [-0.2, 0) is 21.2 Å². The lowest BCUT2D eigenvalue weighted by Gasteiger charge is -2.07. The summed E-state index contributed by atoms with van der Waals surface area (Å²) in [6.07, 6.45) is 0.254. The molecular weight excluding hydrogens is 368 g/mol. The van der Waals surface area contributed by atoms with Crippen molar-refractivity contribution in [3.8, 4) is 0 Å². The van der Waals surface area contributed by atoms with Gasteiger partial charge >= 0.3 is 0 Å². The van der Waals surface area contributed by atoms with Gasteiger partial charge in [-0.1, -0.05) is 28.1 Å². The number of hydrogen-bond acceptors (Lipinski definition) is 3. The number of rotatable bonds is 5. The minimum atomic E-state index is -3.46. The van der Waals surface area contributed by atoms with Gasteiger partial charge in [0.25, 0.3) is 0 Å². The van der Waals surface area contributed by atoms with Crippen LogP contribution in [0.2, 0.25) is 0 Å². The summed E-state index contributed by atoms with van der Waals surface area (Å²) in [4.78, 5) is 12.1. The summed E-state index contributed by atoms with van der Waals surface area (Å²) in [6.45, 7) is 0. The number of sulfonamides is 1. The molecule has 5 nitrogen and oxygen atoms in total. The third kappa shape index (κ3) is 4.40. The van der Waals surface area contributed by atoms with Crippen LogP contribution in [0.1, 0.15) is 5.56 Å². The van der Waals surface area contributed by atoms with Crippen LogP contribution in [0.3, 0.4) is 0 Å². The van der Waals surface area contributed by atoms with E-state index in [2.05, 4.69) is 26.0 Å². The van der Waals surface area contributed by atoms with Gasteiger partial charge in [0.2, 0.25) is 15.9 Å². The largest absolute Gasteiger partial charge is 0.326 e. The van der Waals surface area contributed by atoms with Crippen LogP contribution in [0.25, 0.3) is 0 Å². The van der Waals surface area contributed by atoms with E-state index in [-0.39, 0.29) is 17.2 Å². The molecule has 2 aromatic rings. The minimum Gasteiger partial charge on any atom is -0.326 e. The fraction of sp³-hybridized carbons (Fsp3) is 0.133. The summed E-state index contributed by atoms with van der Waals surface area (Å²) in [5, 5.41) is 2.74. The third-order valence-corrected chi connectivity index (χ3v) is 4.95. The van der Waals surface area contributed by atoms with E-state index in [1.54, 1.807) is 12.1 Å². The van der Waals surface area contributed by atoms with Crippen molar-refractivity contribution in [2.45, 2.75) is 11.3 Å².